The number of aromatic hydroxyl groups is 1. The van der Waals surface area contributed by atoms with Gasteiger partial charge < -0.3 is 15.2 Å². The van der Waals surface area contributed by atoms with E-state index in [0.29, 0.717) is 12.3 Å². The first-order valence-electron chi connectivity index (χ1n) is 5.83. The maximum atomic E-state index is 9.53. The Morgan fingerprint density at radius 2 is 2.11 bits per heavy atom. The van der Waals surface area contributed by atoms with E-state index in [4.69, 9.17) is 4.74 Å². The molecular formula is C14H15BrN2O2. The van der Waals surface area contributed by atoms with Crippen LogP contribution in [0.2, 0.25) is 0 Å². The van der Waals surface area contributed by atoms with Crippen LogP contribution in [0.25, 0.3) is 0 Å². The summed E-state index contributed by atoms with van der Waals surface area (Å²) in [5.74, 6) is 0.623. The zero-order valence-corrected chi connectivity index (χ0v) is 12.4. The highest BCUT2D eigenvalue weighted by Gasteiger charge is 2.04. The van der Waals surface area contributed by atoms with Gasteiger partial charge in [-0.25, -0.2) is 4.98 Å². The fourth-order valence-corrected chi connectivity index (χ4v) is 2.14. The van der Waals surface area contributed by atoms with Gasteiger partial charge in [0.05, 0.1) is 18.5 Å². The summed E-state index contributed by atoms with van der Waals surface area (Å²) < 4.78 is 5.90. The number of nitrogens with zero attached hydrogens (tertiary/aromatic N) is 1. The third-order valence-electron chi connectivity index (χ3n) is 2.78. The summed E-state index contributed by atoms with van der Waals surface area (Å²) >= 11 is 3.34. The second kappa shape index (κ2) is 5.93. The fraction of sp³-hybridized carbons (Fsp3) is 0.214. The van der Waals surface area contributed by atoms with Crippen molar-refractivity contribution in [1.29, 1.82) is 0 Å². The Kier molecular flexibility index (Phi) is 4.27. The summed E-state index contributed by atoms with van der Waals surface area (Å²) in [5.41, 5.74) is 2.94. The zero-order chi connectivity index (χ0) is 13.8. The number of pyridine rings is 1. The van der Waals surface area contributed by atoms with Crippen molar-refractivity contribution < 1.29 is 9.84 Å². The first-order chi connectivity index (χ1) is 9.10. The molecule has 2 rings (SSSR count). The van der Waals surface area contributed by atoms with Gasteiger partial charge in [-0.05, 0) is 52.7 Å². The topological polar surface area (TPSA) is 54.4 Å². The average Bonchev–Trinajstić information content (AvgIpc) is 2.39. The molecule has 2 N–H and O–H groups in total. The van der Waals surface area contributed by atoms with Gasteiger partial charge in [0.2, 0.25) is 0 Å². The van der Waals surface area contributed by atoms with Crippen LogP contribution in [0, 0.1) is 6.92 Å². The van der Waals surface area contributed by atoms with Crippen molar-refractivity contribution in [3.8, 4) is 11.5 Å². The quantitative estimate of drug-likeness (QED) is 0.846. The minimum absolute atomic E-state index is 0.146. The molecule has 0 aliphatic heterocycles. The third-order valence-corrected chi connectivity index (χ3v) is 3.22. The normalized spacial score (nSPS) is 10.3. The van der Waals surface area contributed by atoms with E-state index in [1.54, 1.807) is 6.07 Å². The lowest BCUT2D eigenvalue weighted by molar-refractivity contribution is 0.373. The highest BCUT2D eigenvalue weighted by Crippen LogP contribution is 2.26. The van der Waals surface area contributed by atoms with Crippen LogP contribution in [0.4, 0.5) is 5.69 Å². The van der Waals surface area contributed by atoms with Gasteiger partial charge in [0.25, 0.3) is 0 Å². The SMILES string of the molecule is COc1cc(CNc2ccc(Br)nc2C)ccc1O. The van der Waals surface area contributed by atoms with E-state index in [1.165, 1.54) is 7.11 Å². The van der Waals surface area contributed by atoms with Gasteiger partial charge in [-0.1, -0.05) is 6.07 Å². The zero-order valence-electron chi connectivity index (χ0n) is 10.8. The predicted molar refractivity (Wildman–Crippen MR) is 78.7 cm³/mol. The standard InChI is InChI=1S/C14H15BrN2O2/c1-9-11(4-6-14(15)17-9)16-8-10-3-5-12(18)13(7-10)19-2/h3-7,16,18H,8H2,1-2H3. The molecule has 0 saturated heterocycles. The molecule has 0 saturated carbocycles. The lowest BCUT2D eigenvalue weighted by Gasteiger charge is -2.10. The summed E-state index contributed by atoms with van der Waals surface area (Å²) in [7, 11) is 1.54. The molecule has 100 valence electrons. The average molecular weight is 323 g/mol. The van der Waals surface area contributed by atoms with Crippen LogP contribution in [0.3, 0.4) is 0 Å². The number of phenolic OH excluding ortho intramolecular Hbond substituents is 1. The smallest absolute Gasteiger partial charge is 0.160 e. The molecule has 4 nitrogen and oxygen atoms in total. The Balaban J connectivity index is 2.10. The van der Waals surface area contributed by atoms with Gasteiger partial charge in [0.15, 0.2) is 11.5 Å². The molecule has 0 fully saturated rings. The van der Waals surface area contributed by atoms with E-state index in [0.717, 1.165) is 21.5 Å². The Labute approximate surface area is 120 Å². The minimum Gasteiger partial charge on any atom is -0.504 e. The van der Waals surface area contributed by atoms with Crippen LogP contribution in [0.15, 0.2) is 34.9 Å². The van der Waals surface area contributed by atoms with Gasteiger partial charge in [0, 0.05) is 6.54 Å². The van der Waals surface area contributed by atoms with E-state index in [1.807, 2.05) is 31.2 Å². The number of methoxy groups -OCH3 is 1. The fourth-order valence-electron chi connectivity index (χ4n) is 1.75. The van der Waals surface area contributed by atoms with Gasteiger partial charge in [-0.3, -0.25) is 0 Å². The largest absolute Gasteiger partial charge is 0.504 e. The number of ether oxygens (including phenoxy) is 1. The number of halogens is 1. The molecular weight excluding hydrogens is 308 g/mol. The number of benzene rings is 1. The molecule has 1 aromatic carbocycles. The molecule has 0 aliphatic rings. The lowest BCUT2D eigenvalue weighted by atomic mass is 10.2. The van der Waals surface area contributed by atoms with Crippen LogP contribution >= 0.6 is 15.9 Å². The maximum Gasteiger partial charge on any atom is 0.160 e. The second-order valence-corrected chi connectivity index (χ2v) is 4.94. The molecule has 0 atom stereocenters. The monoisotopic (exact) mass is 322 g/mol. The number of phenols is 1. The van der Waals surface area contributed by atoms with Crippen molar-refractivity contribution in [3.63, 3.8) is 0 Å². The van der Waals surface area contributed by atoms with E-state index in [-0.39, 0.29) is 5.75 Å². The van der Waals surface area contributed by atoms with Crippen molar-refractivity contribution >= 4 is 21.6 Å². The highest BCUT2D eigenvalue weighted by atomic mass is 79.9. The number of hydrogen-bond acceptors (Lipinski definition) is 4. The molecule has 0 spiro atoms. The van der Waals surface area contributed by atoms with Crippen molar-refractivity contribution in [2.75, 3.05) is 12.4 Å². The summed E-state index contributed by atoms with van der Waals surface area (Å²) in [4.78, 5) is 4.32. The molecule has 0 amide bonds. The lowest BCUT2D eigenvalue weighted by Crippen LogP contribution is -2.02. The van der Waals surface area contributed by atoms with Crippen LogP contribution in [-0.4, -0.2) is 17.2 Å². The highest BCUT2D eigenvalue weighted by molar-refractivity contribution is 9.10. The van der Waals surface area contributed by atoms with Gasteiger partial charge in [0.1, 0.15) is 4.60 Å². The molecule has 0 aliphatic carbocycles. The molecule has 1 aromatic heterocycles. The van der Waals surface area contributed by atoms with Gasteiger partial charge in [-0.2, -0.15) is 0 Å². The van der Waals surface area contributed by atoms with E-state index in [2.05, 4.69) is 26.2 Å². The number of anilines is 1. The molecule has 19 heavy (non-hydrogen) atoms. The van der Waals surface area contributed by atoms with Crippen molar-refractivity contribution in [3.05, 3.63) is 46.2 Å². The Hall–Kier alpha value is -1.75. The minimum atomic E-state index is 0.146. The van der Waals surface area contributed by atoms with E-state index in [9.17, 15) is 5.11 Å². The van der Waals surface area contributed by atoms with Gasteiger partial charge in [-0.15, -0.1) is 0 Å². The summed E-state index contributed by atoms with van der Waals surface area (Å²) in [6.45, 7) is 2.59. The second-order valence-electron chi connectivity index (χ2n) is 4.13. The number of aromatic nitrogens is 1. The van der Waals surface area contributed by atoms with Crippen LogP contribution in [-0.2, 0) is 6.54 Å². The van der Waals surface area contributed by atoms with Crippen LogP contribution < -0.4 is 10.1 Å². The third kappa shape index (κ3) is 3.38. The van der Waals surface area contributed by atoms with Crippen LogP contribution in [0.1, 0.15) is 11.3 Å². The number of hydrogen-bond donors (Lipinski definition) is 2. The Morgan fingerprint density at radius 3 is 2.79 bits per heavy atom. The van der Waals surface area contributed by atoms with Crippen molar-refractivity contribution in [1.82, 2.24) is 4.98 Å². The first kappa shape index (κ1) is 13.7. The van der Waals surface area contributed by atoms with Gasteiger partial charge >= 0.3 is 0 Å². The number of nitrogens with one attached hydrogen (secondary N) is 1. The molecule has 0 bridgehead atoms. The first-order valence-corrected chi connectivity index (χ1v) is 6.62. The maximum absolute atomic E-state index is 9.53. The number of rotatable bonds is 4. The Bertz CT molecular complexity index is 588. The predicted octanol–water partition coefficient (Wildman–Crippen LogP) is 3.48. The van der Waals surface area contributed by atoms with E-state index < -0.39 is 0 Å². The van der Waals surface area contributed by atoms with Crippen molar-refractivity contribution in [2.24, 2.45) is 0 Å². The van der Waals surface area contributed by atoms with E-state index >= 15 is 0 Å². The molecule has 0 radical (unpaired) electrons. The Morgan fingerprint density at radius 1 is 1.32 bits per heavy atom. The molecule has 5 heteroatoms. The molecule has 0 unspecified atom stereocenters. The molecule has 1 heterocycles. The summed E-state index contributed by atoms with van der Waals surface area (Å²) in [5, 5.41) is 12.8. The molecule has 2 aromatic rings. The van der Waals surface area contributed by atoms with Crippen LogP contribution in [0.5, 0.6) is 11.5 Å². The number of aryl methyl sites for hydroxylation is 1. The summed E-state index contributed by atoms with van der Waals surface area (Å²) in [6.07, 6.45) is 0. The summed E-state index contributed by atoms with van der Waals surface area (Å²) in [6, 6.07) is 9.16. The van der Waals surface area contributed by atoms with Crippen molar-refractivity contribution in [2.45, 2.75) is 13.5 Å².